The predicted octanol–water partition coefficient (Wildman–Crippen LogP) is 3.66. The number of likely N-dealkylation sites (N-methyl/N-ethyl adjacent to an activating group) is 1. The molecule has 0 saturated carbocycles. The van der Waals surface area contributed by atoms with Crippen LogP contribution in [0.25, 0.3) is 0 Å². The lowest BCUT2D eigenvalue weighted by molar-refractivity contribution is -0.141. The summed E-state index contributed by atoms with van der Waals surface area (Å²) in [5.74, 6) is -0.991. The molecule has 0 aliphatic carbocycles. The number of phenolic OH excluding ortho intramolecular Hbond substituents is 1. The number of benzene rings is 2. The van der Waals surface area contributed by atoms with Crippen LogP contribution in [-0.2, 0) is 27.8 Å². The summed E-state index contributed by atoms with van der Waals surface area (Å²) >= 11 is 0. The molecule has 39 heavy (non-hydrogen) atoms. The monoisotopic (exact) mass is 539 g/mol. The van der Waals surface area contributed by atoms with Gasteiger partial charge in [0.05, 0.1) is 6.04 Å². The van der Waals surface area contributed by atoms with Crippen LogP contribution in [0.1, 0.15) is 63.2 Å². The lowest BCUT2D eigenvalue weighted by Gasteiger charge is -2.33. The van der Waals surface area contributed by atoms with Crippen molar-refractivity contribution in [3.8, 4) is 5.75 Å². The standard InChI is InChI=1S/C29H38FN5O4/c1-17(2)25(35(6)28(38)22(31)14-18-7-10-20(30)11-8-18)26(37)34-23(27-32-16-33-39-27)15-19-9-12-24(36)21(13-19)29(3,4)5/h7-13,16-17,22-23,25,36H,14-15,31H2,1-6H3,(H,34,37). The fourth-order valence-electron chi connectivity index (χ4n) is 4.63. The molecular weight excluding hydrogens is 501 g/mol. The van der Waals surface area contributed by atoms with Crippen molar-refractivity contribution in [1.82, 2.24) is 20.4 Å². The van der Waals surface area contributed by atoms with Crippen molar-refractivity contribution in [1.29, 1.82) is 0 Å². The van der Waals surface area contributed by atoms with Gasteiger partial charge in [-0.05, 0) is 52.6 Å². The van der Waals surface area contributed by atoms with Gasteiger partial charge >= 0.3 is 0 Å². The third-order valence-electron chi connectivity index (χ3n) is 6.65. The van der Waals surface area contributed by atoms with E-state index < -0.39 is 29.9 Å². The van der Waals surface area contributed by atoms with Crippen LogP contribution in [0.3, 0.4) is 0 Å². The number of aromatic nitrogens is 2. The number of halogens is 1. The Morgan fingerprint density at radius 2 is 1.74 bits per heavy atom. The number of nitrogens with two attached hydrogens (primary N) is 1. The van der Waals surface area contributed by atoms with Crippen molar-refractivity contribution in [2.45, 2.75) is 71.0 Å². The molecule has 1 heterocycles. The molecule has 0 aliphatic heterocycles. The summed E-state index contributed by atoms with van der Waals surface area (Å²) in [7, 11) is 1.55. The van der Waals surface area contributed by atoms with Crippen molar-refractivity contribution < 1.29 is 23.6 Å². The maximum atomic E-state index is 13.6. The van der Waals surface area contributed by atoms with E-state index in [1.54, 1.807) is 31.3 Å². The minimum absolute atomic E-state index is 0.196. The molecule has 0 spiro atoms. The predicted molar refractivity (Wildman–Crippen MR) is 145 cm³/mol. The maximum Gasteiger partial charge on any atom is 0.249 e. The van der Waals surface area contributed by atoms with Crippen molar-refractivity contribution in [2.75, 3.05) is 7.05 Å². The minimum atomic E-state index is -0.908. The molecule has 0 saturated heterocycles. The van der Waals surface area contributed by atoms with Crippen LogP contribution in [0.15, 0.2) is 53.3 Å². The topological polar surface area (TPSA) is 135 Å². The second-order valence-corrected chi connectivity index (χ2v) is 11.2. The molecule has 2 amide bonds. The number of hydrogen-bond donors (Lipinski definition) is 3. The molecule has 3 aromatic rings. The van der Waals surface area contributed by atoms with Gasteiger partial charge in [0, 0.05) is 13.5 Å². The van der Waals surface area contributed by atoms with E-state index in [0.29, 0.717) is 6.42 Å². The Balaban J connectivity index is 1.80. The zero-order chi connectivity index (χ0) is 28.9. The second-order valence-electron chi connectivity index (χ2n) is 11.2. The maximum absolute atomic E-state index is 13.6. The van der Waals surface area contributed by atoms with Crippen LogP contribution in [0.5, 0.6) is 5.75 Å². The quantitative estimate of drug-likeness (QED) is 0.358. The number of rotatable bonds is 10. The molecule has 3 unspecified atom stereocenters. The number of carbonyl (C=O) groups is 2. The number of nitrogens with zero attached hydrogens (tertiary/aromatic N) is 3. The van der Waals surface area contributed by atoms with Gasteiger partial charge < -0.3 is 25.6 Å². The number of nitrogens with one attached hydrogen (secondary N) is 1. The van der Waals surface area contributed by atoms with Gasteiger partial charge in [-0.15, -0.1) is 0 Å². The Labute approximate surface area is 228 Å². The molecule has 3 atom stereocenters. The van der Waals surface area contributed by atoms with Crippen molar-refractivity contribution in [3.05, 3.63) is 77.2 Å². The van der Waals surface area contributed by atoms with Gasteiger partial charge in [-0.1, -0.05) is 64.0 Å². The van der Waals surface area contributed by atoms with Crippen LogP contribution < -0.4 is 11.1 Å². The molecule has 10 heteroatoms. The fourth-order valence-corrected chi connectivity index (χ4v) is 4.63. The molecule has 0 radical (unpaired) electrons. The Morgan fingerprint density at radius 1 is 1.10 bits per heavy atom. The summed E-state index contributed by atoms with van der Waals surface area (Å²) in [6, 6.07) is 8.70. The Bertz CT molecular complexity index is 1260. The van der Waals surface area contributed by atoms with Crippen LogP contribution in [0.2, 0.25) is 0 Å². The van der Waals surface area contributed by atoms with Crippen molar-refractivity contribution in [2.24, 2.45) is 11.7 Å². The molecule has 210 valence electrons. The normalized spacial score (nSPS) is 14.1. The summed E-state index contributed by atoms with van der Waals surface area (Å²) in [4.78, 5) is 32.3. The molecule has 4 N–H and O–H groups in total. The molecule has 0 aliphatic rings. The van der Waals surface area contributed by atoms with Crippen LogP contribution in [0.4, 0.5) is 4.39 Å². The first-order chi connectivity index (χ1) is 18.3. The number of aromatic hydroxyl groups is 1. The van der Waals surface area contributed by atoms with E-state index in [2.05, 4.69) is 15.5 Å². The zero-order valence-corrected chi connectivity index (χ0v) is 23.3. The summed E-state index contributed by atoms with van der Waals surface area (Å²) in [6.07, 6.45) is 1.79. The van der Waals surface area contributed by atoms with Gasteiger partial charge in [0.1, 0.15) is 23.7 Å². The van der Waals surface area contributed by atoms with Crippen LogP contribution in [-0.4, -0.2) is 51.1 Å². The van der Waals surface area contributed by atoms with E-state index in [1.807, 2.05) is 40.7 Å². The third-order valence-corrected chi connectivity index (χ3v) is 6.65. The first kappa shape index (κ1) is 29.8. The van der Waals surface area contributed by atoms with E-state index in [9.17, 15) is 19.1 Å². The smallest absolute Gasteiger partial charge is 0.249 e. The van der Waals surface area contributed by atoms with Crippen molar-refractivity contribution in [3.63, 3.8) is 0 Å². The molecule has 0 fully saturated rings. The van der Waals surface area contributed by atoms with Gasteiger partial charge in [0.2, 0.25) is 17.7 Å². The summed E-state index contributed by atoms with van der Waals surface area (Å²) in [5.41, 5.74) is 8.26. The average molecular weight is 540 g/mol. The molecule has 1 aromatic heterocycles. The molecule has 3 rings (SSSR count). The van der Waals surface area contributed by atoms with E-state index in [4.69, 9.17) is 10.3 Å². The SMILES string of the molecule is CC(C)C(C(=O)NC(Cc1ccc(O)c(C(C)(C)C)c1)c1ncno1)N(C)C(=O)C(N)Cc1ccc(F)cc1. The highest BCUT2D eigenvalue weighted by Gasteiger charge is 2.34. The van der Waals surface area contributed by atoms with Gasteiger partial charge in [0.25, 0.3) is 0 Å². The highest BCUT2D eigenvalue weighted by atomic mass is 19.1. The highest BCUT2D eigenvalue weighted by Crippen LogP contribution is 2.32. The Hall–Kier alpha value is -3.79. The summed E-state index contributed by atoms with van der Waals surface area (Å²) in [5, 5.41) is 17.0. The third kappa shape index (κ3) is 7.63. The molecule has 9 nitrogen and oxygen atoms in total. The molecular formula is C29H38FN5O4. The van der Waals surface area contributed by atoms with Crippen molar-refractivity contribution >= 4 is 11.8 Å². The largest absolute Gasteiger partial charge is 0.508 e. The average Bonchev–Trinajstić information content (AvgIpc) is 3.40. The van der Waals surface area contributed by atoms with Gasteiger partial charge in [-0.3, -0.25) is 9.59 Å². The van der Waals surface area contributed by atoms with Crippen LogP contribution >= 0.6 is 0 Å². The second kappa shape index (κ2) is 12.4. The molecule has 0 bridgehead atoms. The van der Waals surface area contributed by atoms with Crippen LogP contribution in [0, 0.1) is 11.7 Å². The van der Waals surface area contributed by atoms with E-state index in [-0.39, 0.29) is 35.2 Å². The summed E-state index contributed by atoms with van der Waals surface area (Å²) < 4.78 is 18.5. The van der Waals surface area contributed by atoms with Gasteiger partial charge in [-0.2, -0.15) is 4.98 Å². The summed E-state index contributed by atoms with van der Waals surface area (Å²) in [6.45, 7) is 9.70. The first-order valence-electron chi connectivity index (χ1n) is 12.9. The van der Waals surface area contributed by atoms with E-state index in [0.717, 1.165) is 16.7 Å². The Kier molecular flexibility index (Phi) is 9.45. The minimum Gasteiger partial charge on any atom is -0.508 e. The molecule has 2 aromatic carbocycles. The van der Waals surface area contributed by atoms with E-state index >= 15 is 0 Å². The number of carbonyl (C=O) groups excluding carboxylic acids is 2. The van der Waals surface area contributed by atoms with Gasteiger partial charge in [-0.25, -0.2) is 4.39 Å². The number of hydrogen-bond acceptors (Lipinski definition) is 7. The zero-order valence-electron chi connectivity index (χ0n) is 23.3. The number of phenols is 1. The first-order valence-corrected chi connectivity index (χ1v) is 12.9. The Morgan fingerprint density at radius 3 is 2.31 bits per heavy atom. The lowest BCUT2D eigenvalue weighted by Crippen LogP contribution is -2.55. The number of amides is 2. The van der Waals surface area contributed by atoms with Gasteiger partial charge in [0.15, 0.2) is 6.33 Å². The van der Waals surface area contributed by atoms with E-state index in [1.165, 1.54) is 23.4 Å². The lowest BCUT2D eigenvalue weighted by atomic mass is 9.84. The highest BCUT2D eigenvalue weighted by molar-refractivity contribution is 5.90. The fraction of sp³-hybridized carbons (Fsp3) is 0.448.